The summed E-state index contributed by atoms with van der Waals surface area (Å²) >= 11 is 0. The van der Waals surface area contributed by atoms with Crippen LogP contribution in [-0.4, -0.2) is 49.1 Å². The average Bonchev–Trinajstić information content (AvgIpc) is 3.08. The lowest BCUT2D eigenvalue weighted by Gasteiger charge is -2.29. The maximum Gasteiger partial charge on any atom is 0.227 e. The van der Waals surface area contributed by atoms with Crippen molar-refractivity contribution in [2.24, 2.45) is 11.8 Å². The molecule has 112 valence electrons. The average molecular weight is 280 g/mol. The normalized spacial score (nSPS) is 34.0. The van der Waals surface area contributed by atoms with Gasteiger partial charge < -0.3 is 15.0 Å². The van der Waals surface area contributed by atoms with E-state index in [4.69, 9.17) is 4.74 Å². The van der Waals surface area contributed by atoms with Crippen LogP contribution in [0.5, 0.6) is 0 Å². The highest BCUT2D eigenvalue weighted by Gasteiger charge is 2.50. The van der Waals surface area contributed by atoms with E-state index in [1.165, 1.54) is 6.42 Å². The fourth-order valence-corrected chi connectivity index (χ4v) is 4.02. The van der Waals surface area contributed by atoms with Crippen molar-refractivity contribution in [3.8, 4) is 0 Å². The second kappa shape index (κ2) is 5.72. The van der Waals surface area contributed by atoms with Crippen LogP contribution in [0.25, 0.3) is 0 Å². The van der Waals surface area contributed by atoms with Crippen molar-refractivity contribution in [2.75, 3.05) is 20.2 Å². The molecule has 3 rings (SSSR count). The number of carbonyl (C=O) groups excluding carboxylic acids is 2. The van der Waals surface area contributed by atoms with Gasteiger partial charge in [-0.3, -0.25) is 9.59 Å². The van der Waals surface area contributed by atoms with Crippen molar-refractivity contribution in [1.29, 1.82) is 0 Å². The third-order valence-electron chi connectivity index (χ3n) is 5.11. The summed E-state index contributed by atoms with van der Waals surface area (Å²) in [5, 5.41) is 2.70. The molecule has 5 nitrogen and oxygen atoms in total. The summed E-state index contributed by atoms with van der Waals surface area (Å²) < 4.78 is 5.73. The van der Waals surface area contributed by atoms with Crippen LogP contribution in [-0.2, 0) is 14.3 Å². The lowest BCUT2D eigenvalue weighted by atomic mass is 9.88. The van der Waals surface area contributed by atoms with E-state index in [2.05, 4.69) is 5.32 Å². The molecule has 0 radical (unpaired) electrons. The van der Waals surface area contributed by atoms with Gasteiger partial charge in [0.15, 0.2) is 0 Å². The summed E-state index contributed by atoms with van der Waals surface area (Å²) in [7, 11) is 1.65. The summed E-state index contributed by atoms with van der Waals surface area (Å²) in [6.45, 7) is 1.20. The van der Waals surface area contributed by atoms with Crippen LogP contribution >= 0.6 is 0 Å². The Balaban J connectivity index is 1.72. The highest BCUT2D eigenvalue weighted by molar-refractivity contribution is 5.84. The van der Waals surface area contributed by atoms with Crippen molar-refractivity contribution in [1.82, 2.24) is 10.2 Å². The molecule has 0 aromatic heterocycles. The molecule has 1 saturated carbocycles. The van der Waals surface area contributed by atoms with E-state index in [0.717, 1.165) is 32.1 Å². The molecule has 20 heavy (non-hydrogen) atoms. The van der Waals surface area contributed by atoms with Crippen molar-refractivity contribution in [2.45, 2.75) is 50.7 Å². The Morgan fingerprint density at radius 1 is 1.15 bits per heavy atom. The fraction of sp³-hybridized carbons (Fsp3) is 0.867. The highest BCUT2D eigenvalue weighted by atomic mass is 16.5. The van der Waals surface area contributed by atoms with E-state index in [1.54, 1.807) is 7.05 Å². The smallest absolute Gasteiger partial charge is 0.227 e. The van der Waals surface area contributed by atoms with Gasteiger partial charge in [-0.15, -0.1) is 0 Å². The first-order valence-corrected chi connectivity index (χ1v) is 7.86. The second-order valence-electron chi connectivity index (χ2n) is 6.24. The maximum absolute atomic E-state index is 12.7. The Bertz CT molecular complexity index is 393. The van der Waals surface area contributed by atoms with Crippen LogP contribution in [0.1, 0.15) is 38.5 Å². The molecular formula is C15H24N2O3. The summed E-state index contributed by atoms with van der Waals surface area (Å²) in [6, 6.07) is 0.117. The Kier molecular flexibility index (Phi) is 3.96. The van der Waals surface area contributed by atoms with Gasteiger partial charge >= 0.3 is 0 Å². The molecule has 3 atom stereocenters. The van der Waals surface area contributed by atoms with Gasteiger partial charge in [-0.25, -0.2) is 0 Å². The number of carbonyl (C=O) groups is 2. The zero-order chi connectivity index (χ0) is 14.1. The first kappa shape index (κ1) is 13.9. The minimum atomic E-state index is -0.194. The molecule has 1 aliphatic carbocycles. The molecule has 1 N–H and O–H groups in total. The van der Waals surface area contributed by atoms with E-state index in [-0.39, 0.29) is 35.8 Å². The van der Waals surface area contributed by atoms with E-state index >= 15 is 0 Å². The van der Waals surface area contributed by atoms with Gasteiger partial charge in [-0.05, 0) is 19.3 Å². The molecule has 0 aromatic carbocycles. The summed E-state index contributed by atoms with van der Waals surface area (Å²) in [5.41, 5.74) is 0. The minimum Gasteiger partial charge on any atom is -0.375 e. The number of hydrogen-bond acceptors (Lipinski definition) is 3. The van der Waals surface area contributed by atoms with Crippen molar-refractivity contribution >= 4 is 11.8 Å². The molecule has 2 saturated heterocycles. The number of likely N-dealkylation sites (tertiary alicyclic amines) is 1. The Labute approximate surface area is 120 Å². The molecule has 3 aliphatic rings. The maximum atomic E-state index is 12.7. The highest BCUT2D eigenvalue weighted by Crippen LogP contribution is 2.36. The number of rotatable bonds is 2. The molecular weight excluding hydrogens is 256 g/mol. The van der Waals surface area contributed by atoms with Crippen LogP contribution < -0.4 is 5.32 Å². The Morgan fingerprint density at radius 2 is 1.90 bits per heavy atom. The van der Waals surface area contributed by atoms with Crippen LogP contribution in [0, 0.1) is 11.8 Å². The third-order valence-corrected chi connectivity index (χ3v) is 5.11. The predicted molar refractivity (Wildman–Crippen MR) is 74.0 cm³/mol. The van der Waals surface area contributed by atoms with Crippen molar-refractivity contribution in [3.63, 3.8) is 0 Å². The quantitative estimate of drug-likeness (QED) is 0.818. The molecule has 3 fully saturated rings. The molecule has 0 aromatic rings. The topological polar surface area (TPSA) is 58.6 Å². The van der Waals surface area contributed by atoms with Gasteiger partial charge in [0.2, 0.25) is 11.8 Å². The standard InChI is InChI=1S/C15H24N2O3/c1-16-14(18)11-9-17(12-7-8-20-13(11)12)15(19)10-5-3-2-4-6-10/h10-13H,2-9H2,1H3,(H,16,18)/t11-,12+,13+/m0/s1. The third kappa shape index (κ3) is 2.32. The first-order chi connectivity index (χ1) is 9.72. The number of nitrogens with zero attached hydrogens (tertiary/aromatic N) is 1. The van der Waals surface area contributed by atoms with Gasteiger partial charge in [0.25, 0.3) is 0 Å². The van der Waals surface area contributed by atoms with Crippen molar-refractivity contribution in [3.05, 3.63) is 0 Å². The van der Waals surface area contributed by atoms with Crippen LogP contribution in [0.4, 0.5) is 0 Å². The largest absolute Gasteiger partial charge is 0.375 e. The molecule has 0 spiro atoms. The first-order valence-electron chi connectivity index (χ1n) is 7.86. The fourth-order valence-electron chi connectivity index (χ4n) is 4.02. The van der Waals surface area contributed by atoms with E-state index in [1.807, 2.05) is 4.90 Å². The van der Waals surface area contributed by atoms with E-state index in [0.29, 0.717) is 13.2 Å². The van der Waals surface area contributed by atoms with Crippen LogP contribution in [0.3, 0.4) is 0 Å². The number of amides is 2. The SMILES string of the molecule is CNC(=O)[C@H]1CN(C(=O)C2CCCCC2)[C@@H]2CCO[C@H]12. The lowest BCUT2D eigenvalue weighted by Crippen LogP contribution is -2.41. The summed E-state index contributed by atoms with van der Waals surface area (Å²) in [6.07, 6.45) is 6.37. The second-order valence-corrected chi connectivity index (χ2v) is 6.24. The monoisotopic (exact) mass is 280 g/mol. The number of hydrogen-bond donors (Lipinski definition) is 1. The van der Waals surface area contributed by atoms with Gasteiger partial charge in [-0.2, -0.15) is 0 Å². The Morgan fingerprint density at radius 3 is 2.60 bits per heavy atom. The zero-order valence-corrected chi connectivity index (χ0v) is 12.1. The molecule has 2 heterocycles. The molecule has 2 amide bonds. The van der Waals surface area contributed by atoms with Gasteiger partial charge in [0, 0.05) is 26.1 Å². The zero-order valence-electron chi connectivity index (χ0n) is 12.1. The van der Waals surface area contributed by atoms with Crippen LogP contribution in [0.2, 0.25) is 0 Å². The molecule has 5 heteroatoms. The van der Waals surface area contributed by atoms with Crippen LogP contribution in [0.15, 0.2) is 0 Å². The summed E-state index contributed by atoms with van der Waals surface area (Å²) in [4.78, 5) is 26.7. The van der Waals surface area contributed by atoms with Crippen molar-refractivity contribution < 1.29 is 14.3 Å². The number of fused-ring (bicyclic) bond motifs is 1. The van der Waals surface area contributed by atoms with Gasteiger partial charge in [0.05, 0.1) is 18.1 Å². The molecule has 2 aliphatic heterocycles. The number of nitrogens with one attached hydrogen (secondary N) is 1. The molecule has 0 bridgehead atoms. The predicted octanol–water partition coefficient (Wildman–Crippen LogP) is 0.929. The summed E-state index contributed by atoms with van der Waals surface area (Å²) in [5.74, 6) is 0.242. The van der Waals surface area contributed by atoms with E-state index in [9.17, 15) is 9.59 Å². The van der Waals surface area contributed by atoms with Gasteiger partial charge in [-0.1, -0.05) is 19.3 Å². The van der Waals surface area contributed by atoms with Gasteiger partial charge in [0.1, 0.15) is 0 Å². The van der Waals surface area contributed by atoms with E-state index < -0.39 is 0 Å². The number of ether oxygens (including phenoxy) is 1. The molecule has 0 unspecified atom stereocenters. The Hall–Kier alpha value is -1.10. The minimum absolute atomic E-state index is 0.000782. The lowest BCUT2D eigenvalue weighted by molar-refractivity contribution is -0.137.